The van der Waals surface area contributed by atoms with Crippen molar-refractivity contribution in [2.75, 3.05) is 38.0 Å². The molecule has 1 unspecified atom stereocenters. The first-order valence-corrected chi connectivity index (χ1v) is 12.0. The molecule has 30 heavy (non-hydrogen) atoms. The number of aromatic nitrogens is 1. The molecule has 3 N–H and O–H groups in total. The zero-order valence-electron chi connectivity index (χ0n) is 17.7. The van der Waals surface area contributed by atoms with Gasteiger partial charge < -0.3 is 20.9 Å². The second-order valence-corrected chi connectivity index (χ2v) is 9.10. The van der Waals surface area contributed by atoms with Crippen LogP contribution in [0.3, 0.4) is 0 Å². The Kier molecular flexibility index (Phi) is 7.04. The number of carbonyl (C=O) groups is 1. The summed E-state index contributed by atoms with van der Waals surface area (Å²) in [7, 11) is 0. The van der Waals surface area contributed by atoms with Gasteiger partial charge in [-0.2, -0.15) is 0 Å². The minimum Gasteiger partial charge on any atom is -0.360 e. The van der Waals surface area contributed by atoms with E-state index in [0.717, 1.165) is 62.0 Å². The zero-order valence-corrected chi connectivity index (χ0v) is 18.5. The van der Waals surface area contributed by atoms with Gasteiger partial charge in [-0.25, -0.2) is 4.98 Å². The Morgan fingerprint density at radius 1 is 1.27 bits per heavy atom. The molecule has 1 aromatic heterocycles. The second-order valence-electron chi connectivity index (χ2n) is 8.07. The van der Waals surface area contributed by atoms with Crippen molar-refractivity contribution in [1.29, 1.82) is 0 Å². The molecule has 7 nitrogen and oxygen atoms in total. The monoisotopic (exact) mass is 428 g/mol. The summed E-state index contributed by atoms with van der Waals surface area (Å²) in [6, 6.07) is 8.44. The number of carbonyl (C=O) groups excluding carboxylic acids is 1. The number of anilines is 1. The van der Waals surface area contributed by atoms with E-state index in [9.17, 15) is 4.79 Å². The number of guanidine groups is 1. The summed E-state index contributed by atoms with van der Waals surface area (Å²) >= 11 is 1.67. The lowest BCUT2D eigenvalue weighted by Crippen LogP contribution is -2.45. The Hall–Kier alpha value is -2.35. The number of hydrogen-bond donors (Lipinski definition) is 3. The highest BCUT2D eigenvalue weighted by Crippen LogP contribution is 2.28. The van der Waals surface area contributed by atoms with Crippen molar-refractivity contribution < 1.29 is 4.79 Å². The Morgan fingerprint density at radius 3 is 2.90 bits per heavy atom. The van der Waals surface area contributed by atoms with Crippen LogP contribution in [-0.4, -0.2) is 60.5 Å². The summed E-state index contributed by atoms with van der Waals surface area (Å²) in [4.78, 5) is 24.0. The summed E-state index contributed by atoms with van der Waals surface area (Å²) in [5.74, 6) is 1.45. The van der Waals surface area contributed by atoms with E-state index in [1.54, 1.807) is 11.3 Å². The number of aliphatic imine (C=N–C) groups is 1. The van der Waals surface area contributed by atoms with Crippen LogP contribution in [0.15, 0.2) is 29.3 Å². The van der Waals surface area contributed by atoms with Crippen molar-refractivity contribution >= 4 is 38.6 Å². The maximum absolute atomic E-state index is 12.7. The first kappa shape index (κ1) is 20.9. The van der Waals surface area contributed by atoms with Gasteiger partial charge in [0.05, 0.1) is 16.8 Å². The molecule has 8 heteroatoms. The number of para-hydroxylation sites is 1. The fourth-order valence-electron chi connectivity index (χ4n) is 4.30. The fourth-order valence-corrected chi connectivity index (χ4v) is 5.19. The molecule has 2 aliphatic rings. The number of likely N-dealkylation sites (tertiary alicyclic amines) is 1. The molecule has 162 valence electrons. The Morgan fingerprint density at radius 2 is 2.10 bits per heavy atom. The van der Waals surface area contributed by atoms with E-state index in [0.29, 0.717) is 12.5 Å². The zero-order chi connectivity index (χ0) is 20.8. The number of nitrogens with one attached hydrogen (secondary N) is 3. The molecular formula is C22H32N6OS. The van der Waals surface area contributed by atoms with E-state index < -0.39 is 0 Å². The minimum absolute atomic E-state index is 0.263. The molecule has 0 bridgehead atoms. The lowest BCUT2D eigenvalue weighted by atomic mass is 10.1. The van der Waals surface area contributed by atoms with Crippen molar-refractivity contribution in [2.24, 2.45) is 10.9 Å². The normalized spacial score (nSPS) is 20.1. The van der Waals surface area contributed by atoms with Crippen LogP contribution in [0.4, 0.5) is 5.13 Å². The quantitative estimate of drug-likeness (QED) is 0.359. The minimum atomic E-state index is 0.263. The van der Waals surface area contributed by atoms with Gasteiger partial charge in [-0.15, -0.1) is 0 Å². The molecule has 2 fully saturated rings. The van der Waals surface area contributed by atoms with Crippen molar-refractivity contribution in [3.05, 3.63) is 24.3 Å². The van der Waals surface area contributed by atoms with Gasteiger partial charge in [0.1, 0.15) is 0 Å². The first-order valence-electron chi connectivity index (χ1n) is 11.2. The van der Waals surface area contributed by atoms with Crippen LogP contribution in [0.1, 0.15) is 39.0 Å². The largest absolute Gasteiger partial charge is 0.360 e. The summed E-state index contributed by atoms with van der Waals surface area (Å²) < 4.78 is 1.19. The smallest absolute Gasteiger partial charge is 0.225 e. The van der Waals surface area contributed by atoms with Gasteiger partial charge >= 0.3 is 0 Å². The van der Waals surface area contributed by atoms with Gasteiger partial charge in [-0.3, -0.25) is 9.79 Å². The molecule has 1 aromatic carbocycles. The third kappa shape index (κ3) is 5.22. The van der Waals surface area contributed by atoms with Crippen LogP contribution in [0.2, 0.25) is 0 Å². The summed E-state index contributed by atoms with van der Waals surface area (Å²) in [6.45, 7) is 5.90. The highest BCUT2D eigenvalue weighted by Gasteiger charge is 2.32. The average molecular weight is 429 g/mol. The lowest BCUT2D eigenvalue weighted by Gasteiger charge is -2.21. The number of rotatable bonds is 7. The van der Waals surface area contributed by atoms with E-state index in [-0.39, 0.29) is 12.0 Å². The summed E-state index contributed by atoms with van der Waals surface area (Å²) in [6.07, 6.45) is 5.52. The number of nitrogens with zero attached hydrogens (tertiary/aromatic N) is 3. The van der Waals surface area contributed by atoms with Crippen molar-refractivity contribution in [2.45, 2.75) is 45.1 Å². The van der Waals surface area contributed by atoms with Gasteiger partial charge in [-0.1, -0.05) is 36.3 Å². The molecule has 1 saturated carbocycles. The average Bonchev–Trinajstić information content (AvgIpc) is 3.51. The highest BCUT2D eigenvalue weighted by atomic mass is 32.1. The third-order valence-corrected chi connectivity index (χ3v) is 6.84. The summed E-state index contributed by atoms with van der Waals surface area (Å²) in [5, 5.41) is 11.1. The Bertz CT molecular complexity index is 842. The van der Waals surface area contributed by atoms with Gasteiger partial charge in [0, 0.05) is 38.1 Å². The molecular weight excluding hydrogens is 396 g/mol. The Labute approximate surface area is 182 Å². The molecule has 0 spiro atoms. The molecule has 1 saturated heterocycles. The van der Waals surface area contributed by atoms with Crippen LogP contribution in [0, 0.1) is 5.92 Å². The van der Waals surface area contributed by atoms with Crippen molar-refractivity contribution in [1.82, 2.24) is 20.5 Å². The highest BCUT2D eigenvalue weighted by molar-refractivity contribution is 7.22. The number of hydrogen-bond acceptors (Lipinski definition) is 5. The fraction of sp³-hybridized carbons (Fsp3) is 0.591. The van der Waals surface area contributed by atoms with Crippen LogP contribution < -0.4 is 16.0 Å². The standard InChI is InChI=1S/C22H32N6OS/c1-2-23-21(24-12-13-25-22-27-18-9-5-6-10-19(18)30-22)26-17-11-14-28(15-17)20(29)16-7-3-4-8-16/h5-6,9-10,16-17H,2-4,7-8,11-15H2,1H3,(H,25,27)(H2,23,24,26). The molecule has 2 aromatic rings. The maximum atomic E-state index is 12.7. The van der Waals surface area contributed by atoms with Crippen LogP contribution in [0.5, 0.6) is 0 Å². The molecule has 1 amide bonds. The first-order chi connectivity index (χ1) is 14.7. The van der Waals surface area contributed by atoms with Crippen molar-refractivity contribution in [3.8, 4) is 0 Å². The predicted octanol–water partition coefficient (Wildman–Crippen LogP) is 3.05. The number of thiazole rings is 1. The second kappa shape index (κ2) is 10.1. The molecule has 2 heterocycles. The predicted molar refractivity (Wildman–Crippen MR) is 124 cm³/mol. The van der Waals surface area contributed by atoms with E-state index >= 15 is 0 Å². The van der Waals surface area contributed by atoms with E-state index in [2.05, 4.69) is 33.9 Å². The number of amides is 1. The lowest BCUT2D eigenvalue weighted by molar-refractivity contribution is -0.134. The van der Waals surface area contributed by atoms with Gasteiger partial charge in [-0.05, 0) is 38.3 Å². The molecule has 4 rings (SSSR count). The SMILES string of the molecule is CCNC(=NCCNc1nc2ccccc2s1)NC1CCN(C(=O)C2CCCC2)C1. The van der Waals surface area contributed by atoms with Gasteiger partial charge in [0.25, 0.3) is 0 Å². The Balaban J connectivity index is 1.24. The maximum Gasteiger partial charge on any atom is 0.225 e. The molecule has 0 radical (unpaired) electrons. The van der Waals surface area contributed by atoms with E-state index in [1.165, 1.54) is 17.5 Å². The summed E-state index contributed by atoms with van der Waals surface area (Å²) in [5.41, 5.74) is 1.03. The third-order valence-electron chi connectivity index (χ3n) is 5.84. The van der Waals surface area contributed by atoms with E-state index in [1.807, 2.05) is 23.1 Å². The van der Waals surface area contributed by atoms with Crippen LogP contribution in [-0.2, 0) is 4.79 Å². The van der Waals surface area contributed by atoms with Gasteiger partial charge in [0.2, 0.25) is 5.91 Å². The molecule has 1 atom stereocenters. The number of benzene rings is 1. The van der Waals surface area contributed by atoms with Gasteiger partial charge in [0.15, 0.2) is 11.1 Å². The molecule has 1 aliphatic carbocycles. The van der Waals surface area contributed by atoms with Crippen LogP contribution in [0.25, 0.3) is 10.2 Å². The topological polar surface area (TPSA) is 81.7 Å². The van der Waals surface area contributed by atoms with Crippen LogP contribution >= 0.6 is 11.3 Å². The molecule has 1 aliphatic heterocycles. The van der Waals surface area contributed by atoms with E-state index in [4.69, 9.17) is 4.99 Å². The van der Waals surface area contributed by atoms with Crippen molar-refractivity contribution in [3.63, 3.8) is 0 Å². The number of fused-ring (bicyclic) bond motifs is 1.